The fourth-order valence-corrected chi connectivity index (χ4v) is 1.08. The molecule has 0 amide bonds. The third kappa shape index (κ3) is 3.06. The Labute approximate surface area is 92.3 Å². The van der Waals surface area contributed by atoms with Gasteiger partial charge in [-0.25, -0.2) is 9.59 Å². The average molecular weight is 224 g/mol. The number of hydrogen-bond donors (Lipinski definition) is 2. The Bertz CT molecular complexity index is 373. The molecular weight excluding hydrogens is 212 g/mol. The number of benzene rings is 1. The smallest absolute Gasteiger partial charge is 0.338 e. The van der Waals surface area contributed by atoms with E-state index in [-0.39, 0.29) is 0 Å². The van der Waals surface area contributed by atoms with Crippen molar-refractivity contribution in [2.24, 2.45) is 0 Å². The fraction of sp³-hybridized carbons (Fsp3) is 0.273. The summed E-state index contributed by atoms with van der Waals surface area (Å²) in [5.41, 5.74) is 0.312. The first-order valence-corrected chi connectivity index (χ1v) is 4.69. The van der Waals surface area contributed by atoms with E-state index in [2.05, 4.69) is 0 Å². The van der Waals surface area contributed by atoms with E-state index in [1.165, 1.54) is 6.92 Å². The van der Waals surface area contributed by atoms with Gasteiger partial charge in [-0.3, -0.25) is 0 Å². The van der Waals surface area contributed by atoms with Crippen LogP contribution in [-0.4, -0.2) is 34.4 Å². The van der Waals surface area contributed by atoms with E-state index in [1.807, 2.05) is 0 Å². The lowest BCUT2D eigenvalue weighted by Gasteiger charge is -2.15. The number of carboxylic acids is 1. The van der Waals surface area contributed by atoms with Crippen molar-refractivity contribution in [3.63, 3.8) is 0 Å². The van der Waals surface area contributed by atoms with Gasteiger partial charge in [-0.05, 0) is 19.1 Å². The molecule has 0 aliphatic rings. The molecule has 1 rings (SSSR count). The Kier molecular flexibility index (Phi) is 4.02. The summed E-state index contributed by atoms with van der Waals surface area (Å²) in [5.74, 6) is -2.08. The minimum absolute atomic E-state index is 0.312. The maximum atomic E-state index is 11.5. The molecule has 0 aromatic heterocycles. The molecule has 5 heteroatoms. The number of aliphatic hydroxyl groups is 1. The van der Waals surface area contributed by atoms with E-state index in [0.29, 0.717) is 5.56 Å². The fourth-order valence-electron chi connectivity index (χ4n) is 1.08. The number of carboxylic acid groups (broad SMARTS) is 1. The average Bonchev–Trinajstić information content (AvgIpc) is 2.28. The lowest BCUT2D eigenvalue weighted by molar-refractivity contribution is -0.152. The van der Waals surface area contributed by atoms with Crippen molar-refractivity contribution in [2.45, 2.75) is 19.1 Å². The molecular formula is C11H12O5. The van der Waals surface area contributed by atoms with E-state index in [1.54, 1.807) is 30.3 Å². The molecule has 2 unspecified atom stereocenters. The third-order valence-electron chi connectivity index (χ3n) is 2.00. The molecule has 86 valence electrons. The molecule has 0 radical (unpaired) electrons. The normalized spacial score (nSPS) is 13.9. The molecule has 16 heavy (non-hydrogen) atoms. The predicted octanol–water partition coefficient (Wildman–Crippen LogP) is 0.677. The lowest BCUT2D eigenvalue weighted by Crippen LogP contribution is -2.35. The Morgan fingerprint density at radius 2 is 1.81 bits per heavy atom. The van der Waals surface area contributed by atoms with Crippen molar-refractivity contribution in [3.8, 4) is 0 Å². The van der Waals surface area contributed by atoms with Gasteiger partial charge < -0.3 is 14.9 Å². The zero-order chi connectivity index (χ0) is 12.1. The highest BCUT2D eigenvalue weighted by Crippen LogP contribution is 2.06. The summed E-state index contributed by atoms with van der Waals surface area (Å²) < 4.78 is 4.79. The lowest BCUT2D eigenvalue weighted by atomic mass is 10.2. The van der Waals surface area contributed by atoms with Crippen LogP contribution in [0.2, 0.25) is 0 Å². The Morgan fingerprint density at radius 3 is 2.31 bits per heavy atom. The molecule has 2 atom stereocenters. The zero-order valence-electron chi connectivity index (χ0n) is 8.66. The van der Waals surface area contributed by atoms with Crippen LogP contribution in [0, 0.1) is 0 Å². The van der Waals surface area contributed by atoms with Gasteiger partial charge in [-0.2, -0.15) is 0 Å². The molecule has 0 saturated carbocycles. The van der Waals surface area contributed by atoms with Crippen LogP contribution in [0.15, 0.2) is 30.3 Å². The zero-order valence-corrected chi connectivity index (χ0v) is 8.66. The molecule has 0 aliphatic carbocycles. The van der Waals surface area contributed by atoms with Gasteiger partial charge in [0, 0.05) is 0 Å². The Morgan fingerprint density at radius 1 is 1.25 bits per heavy atom. The quantitative estimate of drug-likeness (QED) is 0.734. The van der Waals surface area contributed by atoms with Crippen molar-refractivity contribution in [2.75, 3.05) is 0 Å². The highest BCUT2D eigenvalue weighted by molar-refractivity contribution is 5.89. The molecule has 0 heterocycles. The van der Waals surface area contributed by atoms with Gasteiger partial charge in [0.1, 0.15) is 6.10 Å². The first-order valence-electron chi connectivity index (χ1n) is 4.69. The number of ether oxygens (including phenoxy) is 1. The standard InChI is InChI=1S/C11H12O5/c1-7(9(12)10(13)14)16-11(15)8-5-3-2-4-6-8/h2-7,9,12H,1H3,(H,13,14). The minimum Gasteiger partial charge on any atom is -0.479 e. The van der Waals surface area contributed by atoms with Crippen molar-refractivity contribution < 1.29 is 24.5 Å². The molecule has 0 fully saturated rings. The highest BCUT2D eigenvalue weighted by Gasteiger charge is 2.25. The maximum Gasteiger partial charge on any atom is 0.338 e. The predicted molar refractivity (Wildman–Crippen MR) is 55.0 cm³/mol. The molecule has 1 aromatic rings. The van der Waals surface area contributed by atoms with Crippen LogP contribution in [0.3, 0.4) is 0 Å². The van der Waals surface area contributed by atoms with Crippen LogP contribution >= 0.6 is 0 Å². The molecule has 5 nitrogen and oxygen atoms in total. The number of carbonyl (C=O) groups excluding carboxylic acids is 1. The SMILES string of the molecule is CC(OC(=O)c1ccccc1)C(O)C(=O)O. The van der Waals surface area contributed by atoms with Gasteiger partial charge in [-0.15, -0.1) is 0 Å². The van der Waals surface area contributed by atoms with Gasteiger partial charge >= 0.3 is 11.9 Å². The van der Waals surface area contributed by atoms with Crippen molar-refractivity contribution in [3.05, 3.63) is 35.9 Å². The highest BCUT2D eigenvalue weighted by atomic mass is 16.6. The summed E-state index contributed by atoms with van der Waals surface area (Å²) >= 11 is 0. The maximum absolute atomic E-state index is 11.5. The second kappa shape index (κ2) is 5.27. The first kappa shape index (κ1) is 12.2. The number of rotatable bonds is 4. The molecule has 0 aliphatic heterocycles. The third-order valence-corrected chi connectivity index (χ3v) is 2.00. The van der Waals surface area contributed by atoms with Crippen molar-refractivity contribution >= 4 is 11.9 Å². The first-order chi connectivity index (χ1) is 7.52. The van der Waals surface area contributed by atoms with Gasteiger partial charge in [-0.1, -0.05) is 18.2 Å². The summed E-state index contributed by atoms with van der Waals surface area (Å²) in [4.78, 5) is 21.9. The number of esters is 1. The largest absolute Gasteiger partial charge is 0.479 e. The second-order valence-corrected chi connectivity index (χ2v) is 3.26. The molecule has 1 aromatic carbocycles. The van der Waals surface area contributed by atoms with Crippen LogP contribution in [0.25, 0.3) is 0 Å². The summed E-state index contributed by atoms with van der Waals surface area (Å²) in [6.07, 6.45) is -2.81. The van der Waals surface area contributed by atoms with Crippen LogP contribution in [0.4, 0.5) is 0 Å². The van der Waals surface area contributed by atoms with E-state index in [0.717, 1.165) is 0 Å². The number of carbonyl (C=O) groups is 2. The second-order valence-electron chi connectivity index (χ2n) is 3.26. The monoisotopic (exact) mass is 224 g/mol. The Hall–Kier alpha value is -1.88. The van der Waals surface area contributed by atoms with Crippen molar-refractivity contribution in [1.82, 2.24) is 0 Å². The minimum atomic E-state index is -1.72. The number of aliphatic carboxylic acids is 1. The molecule has 0 saturated heterocycles. The van der Waals surface area contributed by atoms with Gasteiger partial charge in [0.25, 0.3) is 0 Å². The summed E-state index contributed by atoms with van der Waals surface area (Å²) in [5, 5.41) is 17.6. The van der Waals surface area contributed by atoms with E-state index >= 15 is 0 Å². The number of hydrogen-bond acceptors (Lipinski definition) is 4. The van der Waals surface area contributed by atoms with Gasteiger partial charge in [0.15, 0.2) is 6.10 Å². The van der Waals surface area contributed by atoms with E-state index in [4.69, 9.17) is 14.9 Å². The van der Waals surface area contributed by atoms with Crippen LogP contribution in [0.5, 0.6) is 0 Å². The van der Waals surface area contributed by atoms with E-state index < -0.39 is 24.1 Å². The summed E-state index contributed by atoms with van der Waals surface area (Å²) in [6, 6.07) is 8.15. The van der Waals surface area contributed by atoms with Gasteiger partial charge in [0.05, 0.1) is 5.56 Å². The number of aliphatic hydroxyl groups excluding tert-OH is 1. The molecule has 0 spiro atoms. The summed E-state index contributed by atoms with van der Waals surface area (Å²) in [6.45, 7) is 1.32. The molecule has 0 bridgehead atoms. The van der Waals surface area contributed by atoms with Crippen molar-refractivity contribution in [1.29, 1.82) is 0 Å². The van der Waals surface area contributed by atoms with Gasteiger partial charge in [0.2, 0.25) is 0 Å². The Balaban J connectivity index is 2.62. The summed E-state index contributed by atoms with van der Waals surface area (Å²) in [7, 11) is 0. The van der Waals surface area contributed by atoms with E-state index in [9.17, 15) is 9.59 Å². The van der Waals surface area contributed by atoms with Crippen LogP contribution in [-0.2, 0) is 9.53 Å². The van der Waals surface area contributed by atoms with Crippen LogP contribution in [0.1, 0.15) is 17.3 Å². The molecule has 2 N–H and O–H groups in total. The van der Waals surface area contributed by atoms with Crippen LogP contribution < -0.4 is 0 Å². The topological polar surface area (TPSA) is 83.8 Å².